The molecule has 0 aliphatic heterocycles. The average molecular weight is 270 g/mol. The van der Waals surface area contributed by atoms with E-state index in [-0.39, 0.29) is 5.16 Å². The fourth-order valence-corrected chi connectivity index (χ4v) is 2.13. The Hall–Kier alpha value is -1.74. The maximum absolute atomic E-state index is 12.0. The van der Waals surface area contributed by atoms with Gasteiger partial charge in [-0.15, -0.1) is 0 Å². The van der Waals surface area contributed by atoms with Gasteiger partial charge in [0.2, 0.25) is 0 Å². The summed E-state index contributed by atoms with van der Waals surface area (Å²) in [6.07, 6.45) is 1.46. The monoisotopic (exact) mass is 270 g/mol. The number of H-pyrrole nitrogens is 1. The number of nitrogens with one attached hydrogen (secondary N) is 1. The van der Waals surface area contributed by atoms with Gasteiger partial charge < -0.3 is 9.88 Å². The standard InChI is InChI=1S/C9H14N6O2S/c1-14(2)8-6-7(11-5-10-6)12-9(13-8)18(16,17)15(3)4/h5H,1-4H3,(H,10,11,12,13). The van der Waals surface area contributed by atoms with E-state index in [1.165, 1.54) is 20.4 Å². The van der Waals surface area contributed by atoms with Gasteiger partial charge in [0.15, 0.2) is 11.5 Å². The summed E-state index contributed by atoms with van der Waals surface area (Å²) in [5, 5.41) is -0.254. The van der Waals surface area contributed by atoms with Gasteiger partial charge in [0, 0.05) is 28.2 Å². The highest BCUT2D eigenvalue weighted by atomic mass is 32.2. The largest absolute Gasteiger partial charge is 0.361 e. The van der Waals surface area contributed by atoms with Gasteiger partial charge in [-0.3, -0.25) is 0 Å². The summed E-state index contributed by atoms with van der Waals surface area (Å²) in [6, 6.07) is 0. The number of rotatable bonds is 3. The van der Waals surface area contributed by atoms with Gasteiger partial charge in [0.25, 0.3) is 15.2 Å². The van der Waals surface area contributed by atoms with E-state index in [0.717, 1.165) is 4.31 Å². The van der Waals surface area contributed by atoms with Gasteiger partial charge in [-0.1, -0.05) is 0 Å². The zero-order valence-corrected chi connectivity index (χ0v) is 11.4. The van der Waals surface area contributed by atoms with Gasteiger partial charge in [-0.2, -0.15) is 9.97 Å². The van der Waals surface area contributed by atoms with Crippen LogP contribution in [0, 0.1) is 0 Å². The van der Waals surface area contributed by atoms with Crippen molar-refractivity contribution in [3.8, 4) is 0 Å². The fraction of sp³-hybridized carbons (Fsp3) is 0.444. The molecule has 0 saturated heterocycles. The molecule has 1 N–H and O–H groups in total. The Balaban J connectivity index is 2.75. The molecule has 18 heavy (non-hydrogen) atoms. The predicted octanol–water partition coefficient (Wildman–Crippen LogP) is -0.331. The van der Waals surface area contributed by atoms with Crippen LogP contribution in [-0.4, -0.2) is 60.8 Å². The summed E-state index contributed by atoms with van der Waals surface area (Å²) < 4.78 is 25.1. The number of hydrogen-bond donors (Lipinski definition) is 1. The lowest BCUT2D eigenvalue weighted by atomic mass is 10.5. The van der Waals surface area contributed by atoms with Crippen LogP contribution < -0.4 is 4.90 Å². The first-order valence-corrected chi connectivity index (χ1v) is 6.59. The Labute approximate surface area is 105 Å². The van der Waals surface area contributed by atoms with Crippen LogP contribution in [-0.2, 0) is 10.0 Å². The number of fused-ring (bicyclic) bond motifs is 1. The van der Waals surface area contributed by atoms with E-state index in [4.69, 9.17) is 0 Å². The summed E-state index contributed by atoms with van der Waals surface area (Å²) in [6.45, 7) is 0. The number of nitrogens with zero attached hydrogens (tertiary/aromatic N) is 5. The molecule has 2 rings (SSSR count). The molecule has 0 aliphatic rings. The van der Waals surface area contributed by atoms with Crippen LogP contribution in [0.25, 0.3) is 11.2 Å². The van der Waals surface area contributed by atoms with Gasteiger partial charge >= 0.3 is 0 Å². The number of imidazole rings is 1. The van der Waals surface area contributed by atoms with Crippen molar-refractivity contribution in [2.45, 2.75) is 5.16 Å². The van der Waals surface area contributed by atoms with Crippen LogP contribution in [0.5, 0.6) is 0 Å². The van der Waals surface area contributed by atoms with Crippen LogP contribution in [0.4, 0.5) is 5.82 Å². The number of aromatic nitrogens is 4. The van der Waals surface area contributed by atoms with Crippen LogP contribution in [0.15, 0.2) is 11.5 Å². The lowest BCUT2D eigenvalue weighted by molar-refractivity contribution is 0.512. The Bertz CT molecular complexity index is 675. The Morgan fingerprint density at radius 2 is 1.83 bits per heavy atom. The molecule has 0 aromatic carbocycles. The zero-order chi connectivity index (χ0) is 13.5. The first-order valence-electron chi connectivity index (χ1n) is 5.15. The van der Waals surface area contributed by atoms with Gasteiger partial charge in [0.05, 0.1) is 6.33 Å². The Kier molecular flexibility index (Phi) is 2.95. The summed E-state index contributed by atoms with van der Waals surface area (Å²) in [5.74, 6) is 0.484. The molecule has 0 unspecified atom stereocenters. The highest BCUT2D eigenvalue weighted by Crippen LogP contribution is 2.21. The van der Waals surface area contributed by atoms with Crippen molar-refractivity contribution < 1.29 is 8.42 Å². The summed E-state index contributed by atoms with van der Waals surface area (Å²) >= 11 is 0. The van der Waals surface area contributed by atoms with Crippen molar-refractivity contribution >= 4 is 27.0 Å². The van der Waals surface area contributed by atoms with Crippen molar-refractivity contribution in [1.82, 2.24) is 24.2 Å². The molecule has 0 radical (unpaired) electrons. The van der Waals surface area contributed by atoms with Gasteiger partial charge in [0.1, 0.15) is 5.52 Å². The lowest BCUT2D eigenvalue weighted by Gasteiger charge is -2.14. The molecule has 2 aromatic heterocycles. The second-order valence-electron chi connectivity index (χ2n) is 4.11. The normalized spacial score (nSPS) is 12.3. The molecule has 2 aromatic rings. The first kappa shape index (κ1) is 12.7. The molecule has 8 nitrogen and oxygen atoms in total. The van der Waals surface area contributed by atoms with Gasteiger partial charge in [-0.25, -0.2) is 17.7 Å². The van der Waals surface area contributed by atoms with Crippen LogP contribution in [0.3, 0.4) is 0 Å². The van der Waals surface area contributed by atoms with E-state index >= 15 is 0 Å². The number of sulfonamides is 1. The highest BCUT2D eigenvalue weighted by Gasteiger charge is 2.24. The molecule has 9 heteroatoms. The molecule has 0 atom stereocenters. The molecule has 2 heterocycles. The van der Waals surface area contributed by atoms with Gasteiger partial charge in [-0.05, 0) is 0 Å². The number of anilines is 1. The minimum absolute atomic E-state index is 0.254. The minimum atomic E-state index is -3.67. The molecular weight excluding hydrogens is 256 g/mol. The van der Waals surface area contributed by atoms with Crippen molar-refractivity contribution in [3.63, 3.8) is 0 Å². The topological polar surface area (TPSA) is 95.1 Å². The molecule has 98 valence electrons. The molecule has 0 saturated carbocycles. The third-order valence-corrected chi connectivity index (χ3v) is 3.99. The van der Waals surface area contributed by atoms with Crippen molar-refractivity contribution in [2.24, 2.45) is 0 Å². The van der Waals surface area contributed by atoms with Crippen LogP contribution in [0.2, 0.25) is 0 Å². The summed E-state index contributed by atoms with van der Waals surface area (Å²) in [4.78, 5) is 16.6. The molecule has 0 spiro atoms. The SMILES string of the molecule is CN(C)c1nc(S(=O)(=O)N(C)C)nc2nc[nH]c12. The number of hydrogen-bond acceptors (Lipinski definition) is 6. The van der Waals surface area contributed by atoms with Crippen LogP contribution >= 0.6 is 0 Å². The zero-order valence-electron chi connectivity index (χ0n) is 10.5. The van der Waals surface area contributed by atoms with Crippen LogP contribution in [0.1, 0.15) is 0 Å². The quantitative estimate of drug-likeness (QED) is 0.767. The minimum Gasteiger partial charge on any atom is -0.361 e. The molecule has 0 fully saturated rings. The average Bonchev–Trinajstić information content (AvgIpc) is 2.74. The van der Waals surface area contributed by atoms with Crippen molar-refractivity contribution in [1.29, 1.82) is 0 Å². The van der Waals surface area contributed by atoms with E-state index in [9.17, 15) is 8.42 Å². The van der Waals surface area contributed by atoms with Crippen molar-refractivity contribution in [3.05, 3.63) is 6.33 Å². The van der Waals surface area contributed by atoms with E-state index < -0.39 is 10.0 Å². The van der Waals surface area contributed by atoms with E-state index in [1.807, 2.05) is 0 Å². The maximum atomic E-state index is 12.0. The third-order valence-electron chi connectivity index (χ3n) is 2.38. The second kappa shape index (κ2) is 4.18. The summed E-state index contributed by atoms with van der Waals surface area (Å²) in [7, 11) is 2.74. The Morgan fingerprint density at radius 3 is 2.39 bits per heavy atom. The molecular formula is C9H14N6O2S. The molecule has 0 aliphatic carbocycles. The third kappa shape index (κ3) is 1.91. The smallest absolute Gasteiger partial charge is 0.278 e. The molecule has 0 amide bonds. The maximum Gasteiger partial charge on any atom is 0.278 e. The summed E-state index contributed by atoms with van der Waals surface area (Å²) in [5.41, 5.74) is 0.937. The van der Waals surface area contributed by atoms with E-state index in [2.05, 4.69) is 19.9 Å². The molecule has 0 bridgehead atoms. The first-order chi connectivity index (χ1) is 8.34. The number of aromatic amines is 1. The Morgan fingerprint density at radius 1 is 1.17 bits per heavy atom. The van der Waals surface area contributed by atoms with Crippen molar-refractivity contribution in [2.75, 3.05) is 33.1 Å². The predicted molar refractivity (Wildman–Crippen MR) is 66.9 cm³/mol. The fourth-order valence-electron chi connectivity index (χ4n) is 1.40. The second-order valence-corrected chi connectivity index (χ2v) is 6.16. The van der Waals surface area contributed by atoms with E-state index in [0.29, 0.717) is 17.0 Å². The van der Waals surface area contributed by atoms with E-state index in [1.54, 1.807) is 19.0 Å². The lowest BCUT2D eigenvalue weighted by Crippen LogP contribution is -2.25. The highest BCUT2D eigenvalue weighted by molar-refractivity contribution is 7.88.